The number of rotatable bonds is 6. The van der Waals surface area contributed by atoms with Crippen LogP contribution in [0.15, 0.2) is 23.1 Å². The lowest BCUT2D eigenvalue weighted by atomic mass is 10.1. The van der Waals surface area contributed by atoms with Gasteiger partial charge in [0.25, 0.3) is 0 Å². The Kier molecular flexibility index (Phi) is 5.55. The van der Waals surface area contributed by atoms with Crippen molar-refractivity contribution in [2.75, 3.05) is 20.3 Å². The first-order valence-corrected chi connectivity index (χ1v) is 8.72. The van der Waals surface area contributed by atoms with Crippen LogP contribution in [0.25, 0.3) is 0 Å². The maximum absolute atomic E-state index is 12.4. The van der Waals surface area contributed by atoms with Gasteiger partial charge >= 0.3 is 5.97 Å². The van der Waals surface area contributed by atoms with Crippen molar-refractivity contribution < 1.29 is 22.7 Å². The third-order valence-corrected chi connectivity index (χ3v) is 5.28. The zero-order chi connectivity index (χ0) is 16.2. The zero-order valence-corrected chi connectivity index (χ0v) is 13.6. The minimum absolute atomic E-state index is 0.0998. The minimum Gasteiger partial charge on any atom is -0.465 e. The topological polar surface area (TPSA) is 81.7 Å². The van der Waals surface area contributed by atoms with E-state index in [9.17, 15) is 13.2 Å². The molecule has 1 aromatic carbocycles. The van der Waals surface area contributed by atoms with Crippen LogP contribution in [0.5, 0.6) is 0 Å². The molecule has 1 fully saturated rings. The molecule has 1 aromatic rings. The largest absolute Gasteiger partial charge is 0.465 e. The molecule has 1 N–H and O–H groups in total. The van der Waals surface area contributed by atoms with Crippen molar-refractivity contribution in [3.05, 3.63) is 29.3 Å². The van der Waals surface area contributed by atoms with Crippen molar-refractivity contribution in [3.63, 3.8) is 0 Å². The van der Waals surface area contributed by atoms with Gasteiger partial charge in [-0.2, -0.15) is 0 Å². The van der Waals surface area contributed by atoms with Crippen LogP contribution in [-0.4, -0.2) is 40.8 Å². The van der Waals surface area contributed by atoms with Gasteiger partial charge < -0.3 is 9.47 Å². The SMILES string of the molecule is COC(=O)c1ccc(C)c(S(=O)(=O)NCCC2CCCO2)c1. The summed E-state index contributed by atoms with van der Waals surface area (Å²) in [7, 11) is -2.40. The molecule has 0 saturated carbocycles. The average Bonchev–Trinajstić information content (AvgIpc) is 3.00. The van der Waals surface area contributed by atoms with Crippen molar-refractivity contribution in [1.29, 1.82) is 0 Å². The number of hydrogen-bond donors (Lipinski definition) is 1. The summed E-state index contributed by atoms with van der Waals surface area (Å²) in [5.41, 5.74) is 0.796. The molecule has 1 saturated heterocycles. The highest BCUT2D eigenvalue weighted by Crippen LogP contribution is 2.19. The van der Waals surface area contributed by atoms with Crippen LogP contribution in [-0.2, 0) is 19.5 Å². The van der Waals surface area contributed by atoms with E-state index in [1.807, 2.05) is 0 Å². The molecule has 2 rings (SSSR count). The Morgan fingerprint density at radius 2 is 2.23 bits per heavy atom. The van der Waals surface area contributed by atoms with Gasteiger partial charge in [0.1, 0.15) is 0 Å². The molecular weight excluding hydrogens is 306 g/mol. The predicted octanol–water partition coefficient (Wildman–Crippen LogP) is 1.63. The smallest absolute Gasteiger partial charge is 0.337 e. The van der Waals surface area contributed by atoms with E-state index in [1.165, 1.54) is 13.2 Å². The summed E-state index contributed by atoms with van der Waals surface area (Å²) in [4.78, 5) is 11.6. The van der Waals surface area contributed by atoms with Crippen LogP contribution in [0, 0.1) is 6.92 Å². The molecule has 1 aliphatic rings. The normalized spacial score (nSPS) is 18.4. The van der Waals surface area contributed by atoms with Gasteiger partial charge in [0.2, 0.25) is 10.0 Å². The van der Waals surface area contributed by atoms with Crippen LogP contribution in [0.1, 0.15) is 35.2 Å². The lowest BCUT2D eigenvalue weighted by Gasteiger charge is -2.12. The Balaban J connectivity index is 2.08. The van der Waals surface area contributed by atoms with Crippen molar-refractivity contribution in [1.82, 2.24) is 4.72 Å². The molecule has 7 heteroatoms. The first-order chi connectivity index (χ1) is 10.4. The molecule has 6 nitrogen and oxygen atoms in total. The molecule has 0 bridgehead atoms. The Hall–Kier alpha value is -1.44. The number of aryl methyl sites for hydroxylation is 1. The quantitative estimate of drug-likeness (QED) is 0.803. The number of ether oxygens (including phenoxy) is 2. The number of nitrogens with one attached hydrogen (secondary N) is 1. The van der Waals surface area contributed by atoms with Gasteiger partial charge in [0, 0.05) is 13.2 Å². The van der Waals surface area contributed by atoms with Crippen LogP contribution in [0.4, 0.5) is 0 Å². The molecule has 22 heavy (non-hydrogen) atoms. The second kappa shape index (κ2) is 7.21. The molecule has 1 unspecified atom stereocenters. The third-order valence-electron chi connectivity index (χ3n) is 3.68. The van der Waals surface area contributed by atoms with Crippen LogP contribution in [0.3, 0.4) is 0 Å². The lowest BCUT2D eigenvalue weighted by molar-refractivity contribution is 0.0600. The van der Waals surface area contributed by atoms with E-state index in [0.717, 1.165) is 19.4 Å². The Labute approximate surface area is 130 Å². The van der Waals surface area contributed by atoms with Gasteiger partial charge in [-0.3, -0.25) is 0 Å². The molecule has 0 aliphatic carbocycles. The highest BCUT2D eigenvalue weighted by molar-refractivity contribution is 7.89. The summed E-state index contributed by atoms with van der Waals surface area (Å²) in [6.45, 7) is 2.75. The van der Waals surface area contributed by atoms with Gasteiger partial charge in [0.05, 0.1) is 23.7 Å². The molecule has 1 aliphatic heterocycles. The molecule has 0 amide bonds. The average molecular weight is 327 g/mol. The highest BCUT2D eigenvalue weighted by Gasteiger charge is 2.21. The first kappa shape index (κ1) is 16.9. The minimum atomic E-state index is -3.66. The molecule has 0 radical (unpaired) electrons. The van der Waals surface area contributed by atoms with Crippen LogP contribution >= 0.6 is 0 Å². The molecule has 0 aromatic heterocycles. The second-order valence-electron chi connectivity index (χ2n) is 5.29. The first-order valence-electron chi connectivity index (χ1n) is 7.24. The van der Waals surface area contributed by atoms with Gasteiger partial charge in [0.15, 0.2) is 0 Å². The van der Waals surface area contributed by atoms with Crippen molar-refractivity contribution in [3.8, 4) is 0 Å². The van der Waals surface area contributed by atoms with Gasteiger partial charge in [-0.15, -0.1) is 0 Å². The van der Waals surface area contributed by atoms with E-state index in [2.05, 4.69) is 9.46 Å². The fourth-order valence-electron chi connectivity index (χ4n) is 2.44. The summed E-state index contributed by atoms with van der Waals surface area (Å²) in [5.74, 6) is -0.559. The van der Waals surface area contributed by atoms with Crippen molar-refractivity contribution in [2.24, 2.45) is 0 Å². The van der Waals surface area contributed by atoms with Crippen molar-refractivity contribution in [2.45, 2.75) is 37.2 Å². The summed E-state index contributed by atoms with van der Waals surface area (Å²) in [6, 6.07) is 4.49. The maximum Gasteiger partial charge on any atom is 0.337 e. The zero-order valence-electron chi connectivity index (χ0n) is 12.8. The lowest BCUT2D eigenvalue weighted by Crippen LogP contribution is -2.28. The van der Waals surface area contributed by atoms with E-state index in [4.69, 9.17) is 4.74 Å². The van der Waals surface area contributed by atoms with E-state index in [1.54, 1.807) is 19.1 Å². The molecule has 1 atom stereocenters. The van der Waals surface area contributed by atoms with E-state index in [-0.39, 0.29) is 16.6 Å². The molecule has 122 valence electrons. The van der Waals surface area contributed by atoms with E-state index in [0.29, 0.717) is 18.5 Å². The van der Waals surface area contributed by atoms with Gasteiger partial charge in [-0.05, 0) is 43.9 Å². The second-order valence-corrected chi connectivity index (χ2v) is 7.03. The van der Waals surface area contributed by atoms with Gasteiger partial charge in [-0.1, -0.05) is 6.07 Å². The number of methoxy groups -OCH3 is 1. The number of carbonyl (C=O) groups is 1. The number of esters is 1. The third kappa shape index (κ3) is 4.06. The van der Waals surface area contributed by atoms with E-state index < -0.39 is 16.0 Å². The predicted molar refractivity (Wildman–Crippen MR) is 81.3 cm³/mol. The molecule has 1 heterocycles. The fraction of sp³-hybridized carbons (Fsp3) is 0.533. The Morgan fingerprint density at radius 1 is 1.45 bits per heavy atom. The Morgan fingerprint density at radius 3 is 2.86 bits per heavy atom. The monoisotopic (exact) mass is 327 g/mol. The number of sulfonamides is 1. The van der Waals surface area contributed by atoms with Gasteiger partial charge in [-0.25, -0.2) is 17.9 Å². The van der Waals surface area contributed by atoms with Crippen molar-refractivity contribution >= 4 is 16.0 Å². The van der Waals surface area contributed by atoms with Crippen LogP contribution < -0.4 is 4.72 Å². The molecular formula is C15H21NO5S. The fourth-order valence-corrected chi connectivity index (χ4v) is 3.75. The van der Waals surface area contributed by atoms with Crippen LogP contribution in [0.2, 0.25) is 0 Å². The molecule has 0 spiro atoms. The van der Waals surface area contributed by atoms with E-state index >= 15 is 0 Å². The highest BCUT2D eigenvalue weighted by atomic mass is 32.2. The summed E-state index contributed by atoms with van der Waals surface area (Å²) >= 11 is 0. The Bertz CT molecular complexity index is 635. The standard InChI is InChI=1S/C15H21NO5S/c1-11-5-6-12(15(17)20-2)10-14(11)22(18,19)16-8-7-13-4-3-9-21-13/h5-6,10,13,16H,3-4,7-9H2,1-2H3. The number of benzene rings is 1. The summed E-state index contributed by atoms with van der Waals surface area (Å²) < 4.78 is 37.4. The summed E-state index contributed by atoms with van der Waals surface area (Å²) in [6.07, 6.45) is 2.77. The number of carbonyl (C=O) groups excluding carboxylic acids is 1. The maximum atomic E-state index is 12.4. The number of hydrogen-bond acceptors (Lipinski definition) is 5. The summed E-state index contributed by atoms with van der Waals surface area (Å²) in [5, 5.41) is 0.